The van der Waals surface area contributed by atoms with Gasteiger partial charge in [-0.15, -0.1) is 0 Å². The number of aromatic nitrogens is 2. The maximum absolute atomic E-state index is 12.8. The second-order valence-corrected chi connectivity index (χ2v) is 7.48. The fourth-order valence-corrected chi connectivity index (χ4v) is 3.01. The molecule has 7 nitrogen and oxygen atoms in total. The molecule has 0 spiro atoms. The van der Waals surface area contributed by atoms with Crippen LogP contribution >= 0.6 is 0 Å². The molecule has 3 atom stereocenters. The third-order valence-electron chi connectivity index (χ3n) is 4.43. The van der Waals surface area contributed by atoms with Crippen LogP contribution in [0.3, 0.4) is 0 Å². The summed E-state index contributed by atoms with van der Waals surface area (Å²) >= 11 is 0. The van der Waals surface area contributed by atoms with Crippen molar-refractivity contribution in [2.24, 2.45) is 5.92 Å². The summed E-state index contributed by atoms with van der Waals surface area (Å²) in [5, 5.41) is 2.79. The maximum atomic E-state index is 12.8. The smallest absolute Gasteiger partial charge is 0.407 e. The average molecular weight is 336 g/mol. The van der Waals surface area contributed by atoms with E-state index in [1.165, 1.54) is 0 Å². The molecule has 0 saturated carbocycles. The van der Waals surface area contributed by atoms with Gasteiger partial charge in [0.25, 0.3) is 5.91 Å². The van der Waals surface area contributed by atoms with Gasteiger partial charge in [-0.05, 0) is 46.5 Å². The Morgan fingerprint density at radius 2 is 2.08 bits per heavy atom. The van der Waals surface area contributed by atoms with Crippen molar-refractivity contribution in [1.82, 2.24) is 20.2 Å². The van der Waals surface area contributed by atoms with Gasteiger partial charge in [0.1, 0.15) is 5.60 Å². The van der Waals surface area contributed by atoms with E-state index in [1.54, 1.807) is 12.4 Å². The van der Waals surface area contributed by atoms with Crippen LogP contribution in [-0.4, -0.2) is 51.1 Å². The van der Waals surface area contributed by atoms with Gasteiger partial charge in [-0.25, -0.2) is 9.78 Å². The number of hydrogen-bond donors (Lipinski definition) is 2. The largest absolute Gasteiger partial charge is 0.444 e. The Bertz CT molecular complexity index is 565. The number of imidazole rings is 1. The molecule has 0 aromatic carbocycles. The molecule has 2 amide bonds. The van der Waals surface area contributed by atoms with Crippen LogP contribution in [0.5, 0.6) is 0 Å². The number of carbonyl (C=O) groups is 2. The lowest BCUT2D eigenvalue weighted by atomic mass is 9.87. The van der Waals surface area contributed by atoms with Gasteiger partial charge in [0.2, 0.25) is 0 Å². The number of alkyl carbamates (subject to hydrolysis) is 1. The third-order valence-corrected chi connectivity index (χ3v) is 4.43. The van der Waals surface area contributed by atoms with Crippen LogP contribution < -0.4 is 5.32 Å². The SMILES string of the molecule is CC1CCC(CNC(=O)OC(C)(C)C)N(C(=O)c2ncc[nH]2)C1C. The predicted octanol–water partition coefficient (Wildman–Crippen LogP) is 2.56. The standard InChI is InChI=1S/C17H28N4O3/c1-11-6-7-13(10-20-16(23)24-17(3,4)5)21(12(11)2)15(22)14-18-8-9-19-14/h8-9,11-13H,6-7,10H2,1-5H3,(H,18,19)(H,20,23). The van der Waals surface area contributed by atoms with Gasteiger partial charge >= 0.3 is 6.09 Å². The third kappa shape index (κ3) is 4.49. The number of rotatable bonds is 3. The molecule has 0 aliphatic carbocycles. The predicted molar refractivity (Wildman–Crippen MR) is 90.6 cm³/mol. The Morgan fingerprint density at radius 1 is 1.38 bits per heavy atom. The van der Waals surface area contributed by atoms with Crippen LogP contribution in [0.4, 0.5) is 4.79 Å². The first-order valence-electron chi connectivity index (χ1n) is 8.48. The summed E-state index contributed by atoms with van der Waals surface area (Å²) in [6.45, 7) is 10.0. The minimum atomic E-state index is -0.540. The van der Waals surface area contributed by atoms with E-state index in [4.69, 9.17) is 4.74 Å². The minimum absolute atomic E-state index is 0.0682. The Hall–Kier alpha value is -2.05. The van der Waals surface area contributed by atoms with Crippen molar-refractivity contribution in [3.8, 4) is 0 Å². The summed E-state index contributed by atoms with van der Waals surface area (Å²) in [5.74, 6) is 0.606. The Morgan fingerprint density at radius 3 is 2.67 bits per heavy atom. The van der Waals surface area contributed by atoms with E-state index in [0.29, 0.717) is 18.3 Å². The van der Waals surface area contributed by atoms with E-state index < -0.39 is 11.7 Å². The van der Waals surface area contributed by atoms with Crippen LogP contribution in [0.2, 0.25) is 0 Å². The number of ether oxygens (including phenoxy) is 1. The molecule has 1 aliphatic heterocycles. The van der Waals surface area contributed by atoms with E-state index in [0.717, 1.165) is 12.8 Å². The Labute approximate surface area is 143 Å². The van der Waals surface area contributed by atoms with Crippen molar-refractivity contribution in [3.05, 3.63) is 18.2 Å². The maximum Gasteiger partial charge on any atom is 0.407 e. The monoisotopic (exact) mass is 336 g/mol. The Kier molecular flexibility index (Phi) is 5.51. The number of likely N-dealkylation sites (tertiary alicyclic amines) is 1. The molecule has 2 N–H and O–H groups in total. The molecule has 1 saturated heterocycles. The van der Waals surface area contributed by atoms with Gasteiger partial charge in [0.15, 0.2) is 5.82 Å². The van der Waals surface area contributed by atoms with Crippen molar-refractivity contribution in [1.29, 1.82) is 0 Å². The zero-order valence-electron chi connectivity index (χ0n) is 15.1. The molecule has 0 radical (unpaired) electrons. The summed E-state index contributed by atoms with van der Waals surface area (Å²) in [5.41, 5.74) is -0.540. The van der Waals surface area contributed by atoms with Crippen LogP contribution in [0.1, 0.15) is 58.1 Å². The summed E-state index contributed by atoms with van der Waals surface area (Å²) < 4.78 is 5.27. The van der Waals surface area contributed by atoms with E-state index in [1.807, 2.05) is 32.6 Å². The van der Waals surface area contributed by atoms with Crippen molar-refractivity contribution in [3.63, 3.8) is 0 Å². The highest BCUT2D eigenvalue weighted by molar-refractivity contribution is 5.91. The first-order chi connectivity index (χ1) is 11.2. The fraction of sp³-hybridized carbons (Fsp3) is 0.706. The molecule has 1 aromatic heterocycles. The second kappa shape index (κ2) is 7.23. The highest BCUT2D eigenvalue weighted by Crippen LogP contribution is 2.28. The van der Waals surface area contributed by atoms with Crippen LogP contribution in [-0.2, 0) is 4.74 Å². The first-order valence-corrected chi connectivity index (χ1v) is 8.48. The van der Waals surface area contributed by atoms with Gasteiger partial charge in [-0.2, -0.15) is 0 Å². The van der Waals surface area contributed by atoms with E-state index >= 15 is 0 Å². The van der Waals surface area contributed by atoms with Gasteiger partial charge in [-0.3, -0.25) is 4.79 Å². The molecule has 1 aliphatic rings. The van der Waals surface area contributed by atoms with Crippen molar-refractivity contribution in [2.75, 3.05) is 6.54 Å². The molecule has 1 aromatic rings. The van der Waals surface area contributed by atoms with Crippen molar-refractivity contribution in [2.45, 2.75) is 65.1 Å². The number of amides is 2. The molecular weight excluding hydrogens is 308 g/mol. The van der Waals surface area contributed by atoms with E-state index in [9.17, 15) is 9.59 Å². The minimum Gasteiger partial charge on any atom is -0.444 e. The number of hydrogen-bond acceptors (Lipinski definition) is 4. The van der Waals surface area contributed by atoms with E-state index in [2.05, 4.69) is 22.2 Å². The van der Waals surface area contributed by atoms with Crippen LogP contribution in [0.15, 0.2) is 12.4 Å². The fourth-order valence-electron chi connectivity index (χ4n) is 3.01. The number of aromatic amines is 1. The van der Waals surface area contributed by atoms with Crippen LogP contribution in [0.25, 0.3) is 0 Å². The zero-order chi connectivity index (χ0) is 17.9. The number of nitrogens with zero attached hydrogens (tertiary/aromatic N) is 2. The summed E-state index contributed by atoms with van der Waals surface area (Å²) in [4.78, 5) is 33.5. The van der Waals surface area contributed by atoms with Crippen molar-refractivity contribution >= 4 is 12.0 Å². The number of piperidine rings is 1. The normalized spacial score (nSPS) is 24.5. The first kappa shape index (κ1) is 18.3. The Balaban J connectivity index is 2.05. The van der Waals surface area contributed by atoms with Gasteiger partial charge in [0.05, 0.1) is 0 Å². The molecule has 7 heteroatoms. The number of H-pyrrole nitrogens is 1. The van der Waals surface area contributed by atoms with Gasteiger partial charge < -0.3 is 19.9 Å². The molecule has 2 heterocycles. The van der Waals surface area contributed by atoms with Gasteiger partial charge in [0, 0.05) is 31.0 Å². The van der Waals surface area contributed by atoms with Crippen molar-refractivity contribution < 1.29 is 14.3 Å². The molecule has 3 unspecified atom stereocenters. The van der Waals surface area contributed by atoms with E-state index in [-0.39, 0.29) is 18.0 Å². The van der Waals surface area contributed by atoms with Gasteiger partial charge in [-0.1, -0.05) is 6.92 Å². The lowest BCUT2D eigenvalue weighted by Gasteiger charge is -2.43. The zero-order valence-corrected chi connectivity index (χ0v) is 15.1. The highest BCUT2D eigenvalue weighted by Gasteiger charge is 2.37. The molecule has 0 bridgehead atoms. The molecular formula is C17H28N4O3. The summed E-state index contributed by atoms with van der Waals surface area (Å²) in [6.07, 6.45) is 4.61. The van der Waals surface area contributed by atoms with Crippen LogP contribution in [0, 0.1) is 5.92 Å². The molecule has 24 heavy (non-hydrogen) atoms. The number of carbonyl (C=O) groups excluding carboxylic acids is 2. The highest BCUT2D eigenvalue weighted by atomic mass is 16.6. The number of nitrogens with one attached hydrogen (secondary N) is 2. The molecule has 2 rings (SSSR count). The lowest BCUT2D eigenvalue weighted by molar-refractivity contribution is 0.0291. The quantitative estimate of drug-likeness (QED) is 0.888. The lowest BCUT2D eigenvalue weighted by Crippen LogP contribution is -2.56. The second-order valence-electron chi connectivity index (χ2n) is 7.48. The molecule has 134 valence electrons. The summed E-state index contributed by atoms with van der Waals surface area (Å²) in [6, 6.07) is 0.0168. The molecule has 1 fully saturated rings. The topological polar surface area (TPSA) is 87.3 Å². The average Bonchev–Trinajstić information content (AvgIpc) is 3.00. The summed E-state index contributed by atoms with van der Waals surface area (Å²) in [7, 11) is 0.